The summed E-state index contributed by atoms with van der Waals surface area (Å²) < 4.78 is 11.0. The first kappa shape index (κ1) is 13.9. The lowest BCUT2D eigenvalue weighted by atomic mass is 10.1. The van der Waals surface area contributed by atoms with Crippen molar-refractivity contribution in [1.82, 2.24) is 0 Å². The molecule has 0 rings (SSSR count). The number of ether oxygens (including phenoxy) is 2. The van der Waals surface area contributed by atoms with Crippen LogP contribution in [0.2, 0.25) is 0 Å². The number of nitrogens with two attached hydrogens (primary N) is 1. The van der Waals surface area contributed by atoms with Crippen molar-refractivity contribution in [3.63, 3.8) is 0 Å². The highest BCUT2D eigenvalue weighted by Crippen LogP contribution is 2.04. The number of rotatable bonds is 9. The van der Waals surface area contributed by atoms with E-state index < -0.39 is 0 Å². The van der Waals surface area contributed by atoms with E-state index in [1.807, 2.05) is 0 Å². The molecule has 0 fully saturated rings. The molecular weight excluding hydrogens is 178 g/mol. The summed E-state index contributed by atoms with van der Waals surface area (Å²) in [6.45, 7) is 9.17. The summed E-state index contributed by atoms with van der Waals surface area (Å²) in [7, 11) is 0. The van der Waals surface area contributed by atoms with Crippen molar-refractivity contribution < 1.29 is 9.47 Å². The molecule has 0 aliphatic heterocycles. The van der Waals surface area contributed by atoms with E-state index in [1.54, 1.807) is 0 Å². The second-order valence-corrected chi connectivity index (χ2v) is 3.85. The minimum Gasteiger partial charge on any atom is -0.379 e. The largest absolute Gasteiger partial charge is 0.379 e. The van der Waals surface area contributed by atoms with Crippen molar-refractivity contribution in [2.24, 2.45) is 11.7 Å². The molecule has 0 spiro atoms. The number of hydrogen-bond acceptors (Lipinski definition) is 3. The Labute approximate surface area is 88.0 Å². The van der Waals surface area contributed by atoms with Crippen molar-refractivity contribution in [2.75, 3.05) is 26.4 Å². The van der Waals surface area contributed by atoms with Crippen LogP contribution in [0.1, 0.15) is 33.6 Å². The lowest BCUT2D eigenvalue weighted by Crippen LogP contribution is -2.30. The average molecular weight is 203 g/mol. The van der Waals surface area contributed by atoms with Gasteiger partial charge in [-0.15, -0.1) is 0 Å². The van der Waals surface area contributed by atoms with Gasteiger partial charge in [-0.1, -0.05) is 27.2 Å². The molecule has 0 aromatic carbocycles. The highest BCUT2D eigenvalue weighted by atomic mass is 16.5. The first-order valence-corrected chi connectivity index (χ1v) is 5.61. The molecule has 0 radical (unpaired) electrons. The topological polar surface area (TPSA) is 44.5 Å². The molecule has 0 aromatic rings. The van der Waals surface area contributed by atoms with E-state index >= 15 is 0 Å². The van der Waals surface area contributed by atoms with Crippen molar-refractivity contribution in [3.05, 3.63) is 0 Å². The predicted octanol–water partition coefficient (Wildman–Crippen LogP) is 1.80. The third kappa shape index (κ3) is 7.30. The summed E-state index contributed by atoms with van der Waals surface area (Å²) >= 11 is 0. The summed E-state index contributed by atoms with van der Waals surface area (Å²) in [5, 5.41) is 0. The normalized spacial score (nSPS) is 13.5. The molecule has 0 saturated heterocycles. The maximum absolute atomic E-state index is 5.58. The molecule has 0 aromatic heterocycles. The molecule has 2 N–H and O–H groups in total. The van der Waals surface area contributed by atoms with Crippen molar-refractivity contribution in [3.8, 4) is 0 Å². The van der Waals surface area contributed by atoms with E-state index in [-0.39, 0.29) is 6.10 Å². The minimum atomic E-state index is 0.171. The van der Waals surface area contributed by atoms with Gasteiger partial charge in [-0.25, -0.2) is 0 Å². The van der Waals surface area contributed by atoms with E-state index in [2.05, 4.69) is 20.8 Å². The molecule has 14 heavy (non-hydrogen) atoms. The molecule has 3 heteroatoms. The van der Waals surface area contributed by atoms with E-state index in [1.165, 1.54) is 6.42 Å². The Hall–Kier alpha value is -0.120. The number of unbranched alkanes of at least 4 members (excludes halogenated alkanes) is 1. The Bertz CT molecular complexity index is 118. The molecule has 0 amide bonds. The Morgan fingerprint density at radius 2 is 1.86 bits per heavy atom. The molecular formula is C11H25NO2. The van der Waals surface area contributed by atoms with Gasteiger partial charge in [0.15, 0.2) is 0 Å². The quantitative estimate of drug-likeness (QED) is 0.581. The van der Waals surface area contributed by atoms with Crippen LogP contribution in [0.4, 0.5) is 0 Å². The van der Waals surface area contributed by atoms with Crippen LogP contribution in [-0.4, -0.2) is 32.5 Å². The van der Waals surface area contributed by atoms with Gasteiger partial charge in [0.1, 0.15) is 0 Å². The van der Waals surface area contributed by atoms with E-state index in [4.69, 9.17) is 15.2 Å². The SMILES string of the molecule is CCCCOCCOC(CN)C(C)C. The van der Waals surface area contributed by atoms with Crippen molar-refractivity contribution in [1.29, 1.82) is 0 Å². The van der Waals surface area contributed by atoms with Gasteiger partial charge < -0.3 is 15.2 Å². The lowest BCUT2D eigenvalue weighted by molar-refractivity contribution is -0.0107. The maximum Gasteiger partial charge on any atom is 0.0721 e. The van der Waals surface area contributed by atoms with Crippen LogP contribution in [-0.2, 0) is 9.47 Å². The van der Waals surface area contributed by atoms with E-state index in [9.17, 15) is 0 Å². The number of hydrogen-bond donors (Lipinski definition) is 1. The van der Waals surface area contributed by atoms with Crippen molar-refractivity contribution >= 4 is 0 Å². The Morgan fingerprint density at radius 3 is 2.36 bits per heavy atom. The fourth-order valence-corrected chi connectivity index (χ4v) is 1.14. The second-order valence-electron chi connectivity index (χ2n) is 3.85. The summed E-state index contributed by atoms with van der Waals surface area (Å²) in [5.74, 6) is 0.482. The van der Waals surface area contributed by atoms with Crippen LogP contribution in [0.25, 0.3) is 0 Å². The summed E-state index contributed by atoms with van der Waals surface area (Å²) in [4.78, 5) is 0. The van der Waals surface area contributed by atoms with Gasteiger partial charge in [0, 0.05) is 13.2 Å². The van der Waals surface area contributed by atoms with Gasteiger partial charge in [0.2, 0.25) is 0 Å². The molecule has 0 aliphatic carbocycles. The minimum absolute atomic E-state index is 0.171. The fraction of sp³-hybridized carbons (Fsp3) is 1.00. The molecule has 0 bridgehead atoms. The molecule has 0 heterocycles. The average Bonchev–Trinajstić information content (AvgIpc) is 2.16. The lowest BCUT2D eigenvalue weighted by Gasteiger charge is -2.19. The van der Waals surface area contributed by atoms with Gasteiger partial charge in [-0.2, -0.15) is 0 Å². The van der Waals surface area contributed by atoms with E-state index in [0.717, 1.165) is 13.0 Å². The molecule has 1 atom stereocenters. The third-order valence-electron chi connectivity index (χ3n) is 2.18. The fourth-order valence-electron chi connectivity index (χ4n) is 1.14. The molecule has 86 valence electrons. The van der Waals surface area contributed by atoms with Gasteiger partial charge in [-0.3, -0.25) is 0 Å². The van der Waals surface area contributed by atoms with Gasteiger partial charge in [-0.05, 0) is 12.3 Å². The van der Waals surface area contributed by atoms with Gasteiger partial charge in [0.05, 0.1) is 19.3 Å². The third-order valence-corrected chi connectivity index (χ3v) is 2.18. The first-order valence-electron chi connectivity index (χ1n) is 5.61. The molecule has 3 nitrogen and oxygen atoms in total. The van der Waals surface area contributed by atoms with Crippen LogP contribution in [0, 0.1) is 5.92 Å². The summed E-state index contributed by atoms with van der Waals surface area (Å²) in [5.41, 5.74) is 5.57. The maximum atomic E-state index is 5.58. The van der Waals surface area contributed by atoms with Crippen LogP contribution < -0.4 is 5.73 Å². The Kier molecular flexibility index (Phi) is 9.35. The second kappa shape index (κ2) is 9.44. The standard InChI is InChI=1S/C11H25NO2/c1-4-5-6-13-7-8-14-11(9-12)10(2)3/h10-11H,4-9,12H2,1-3H3. The van der Waals surface area contributed by atoms with E-state index in [0.29, 0.717) is 25.7 Å². The van der Waals surface area contributed by atoms with Crippen LogP contribution in [0.5, 0.6) is 0 Å². The zero-order chi connectivity index (χ0) is 10.8. The molecule has 1 unspecified atom stereocenters. The van der Waals surface area contributed by atoms with Gasteiger partial charge in [0.25, 0.3) is 0 Å². The summed E-state index contributed by atoms with van der Waals surface area (Å²) in [6.07, 6.45) is 2.48. The monoisotopic (exact) mass is 203 g/mol. The molecule has 0 saturated carbocycles. The summed E-state index contributed by atoms with van der Waals surface area (Å²) in [6, 6.07) is 0. The Morgan fingerprint density at radius 1 is 1.14 bits per heavy atom. The zero-order valence-electron chi connectivity index (χ0n) is 9.79. The predicted molar refractivity (Wildman–Crippen MR) is 59.4 cm³/mol. The van der Waals surface area contributed by atoms with Crippen LogP contribution in [0.15, 0.2) is 0 Å². The van der Waals surface area contributed by atoms with Crippen molar-refractivity contribution in [2.45, 2.75) is 39.7 Å². The van der Waals surface area contributed by atoms with Crippen LogP contribution >= 0.6 is 0 Å². The highest BCUT2D eigenvalue weighted by molar-refractivity contribution is 4.62. The smallest absolute Gasteiger partial charge is 0.0721 e. The van der Waals surface area contributed by atoms with Crippen LogP contribution in [0.3, 0.4) is 0 Å². The highest BCUT2D eigenvalue weighted by Gasteiger charge is 2.10. The Balaban J connectivity index is 3.25. The first-order chi connectivity index (χ1) is 6.72. The molecule has 0 aliphatic rings. The van der Waals surface area contributed by atoms with Gasteiger partial charge >= 0.3 is 0 Å². The zero-order valence-corrected chi connectivity index (χ0v) is 9.79.